The Morgan fingerprint density at radius 1 is 1.16 bits per heavy atom. The van der Waals surface area contributed by atoms with E-state index in [0.717, 1.165) is 0 Å². The van der Waals surface area contributed by atoms with Crippen LogP contribution in [0.4, 0.5) is 0 Å². The Balaban J connectivity index is 1.73. The summed E-state index contributed by atoms with van der Waals surface area (Å²) >= 11 is 0. The highest BCUT2D eigenvalue weighted by atomic mass is 16.5. The van der Waals surface area contributed by atoms with Gasteiger partial charge in [-0.25, -0.2) is 0 Å². The summed E-state index contributed by atoms with van der Waals surface area (Å²) < 4.78 is 11.3. The predicted octanol–water partition coefficient (Wildman–Crippen LogP) is 4.69. The SMILES string of the molecule is CC1C(C(=O)OCc2cccc(Oc3ccccc3)c2C#N)C1(C)C. The highest BCUT2D eigenvalue weighted by Crippen LogP contribution is 2.58. The predicted molar refractivity (Wildman–Crippen MR) is 93.9 cm³/mol. The van der Waals surface area contributed by atoms with Crippen molar-refractivity contribution < 1.29 is 14.3 Å². The standard InChI is InChI=1S/C21H21NO3/c1-14-19(21(14,2)3)20(23)24-13-15-8-7-11-18(17(15)12-22)25-16-9-5-4-6-10-16/h4-11,14,19H,13H2,1-3H3. The fraction of sp³-hybridized carbons (Fsp3) is 0.333. The zero-order valence-corrected chi connectivity index (χ0v) is 14.7. The highest BCUT2D eigenvalue weighted by molar-refractivity contribution is 5.77. The molecule has 1 aliphatic rings. The summed E-state index contributed by atoms with van der Waals surface area (Å²) in [5.74, 6) is 1.17. The molecule has 2 atom stereocenters. The third-order valence-electron chi connectivity index (χ3n) is 5.19. The summed E-state index contributed by atoms with van der Waals surface area (Å²) in [6, 6.07) is 16.8. The molecule has 0 spiro atoms. The number of nitrogens with zero attached hydrogens (tertiary/aromatic N) is 1. The molecule has 0 heterocycles. The van der Waals surface area contributed by atoms with Gasteiger partial charge in [0, 0.05) is 5.56 Å². The minimum atomic E-state index is -0.198. The van der Waals surface area contributed by atoms with Crippen LogP contribution in [0.3, 0.4) is 0 Å². The lowest BCUT2D eigenvalue weighted by molar-refractivity contribution is -0.147. The quantitative estimate of drug-likeness (QED) is 0.744. The number of carbonyl (C=O) groups is 1. The molecule has 0 aliphatic heterocycles. The maximum atomic E-state index is 12.2. The monoisotopic (exact) mass is 335 g/mol. The van der Waals surface area contributed by atoms with Gasteiger partial charge >= 0.3 is 5.97 Å². The van der Waals surface area contributed by atoms with Crippen LogP contribution < -0.4 is 4.74 Å². The molecule has 2 aromatic carbocycles. The van der Waals surface area contributed by atoms with E-state index in [4.69, 9.17) is 9.47 Å². The third-order valence-corrected chi connectivity index (χ3v) is 5.19. The van der Waals surface area contributed by atoms with Gasteiger partial charge in [-0.1, -0.05) is 51.1 Å². The Morgan fingerprint density at radius 3 is 2.44 bits per heavy atom. The summed E-state index contributed by atoms with van der Waals surface area (Å²) in [7, 11) is 0. The van der Waals surface area contributed by atoms with Crippen molar-refractivity contribution in [2.24, 2.45) is 17.3 Å². The molecule has 1 aliphatic carbocycles. The lowest BCUT2D eigenvalue weighted by Gasteiger charge is -2.11. The van der Waals surface area contributed by atoms with E-state index >= 15 is 0 Å². The fourth-order valence-corrected chi connectivity index (χ4v) is 3.17. The molecule has 2 unspecified atom stereocenters. The van der Waals surface area contributed by atoms with Gasteiger partial charge in [0.1, 0.15) is 29.7 Å². The van der Waals surface area contributed by atoms with Crippen LogP contribution in [0.15, 0.2) is 48.5 Å². The number of hydrogen-bond acceptors (Lipinski definition) is 4. The second-order valence-corrected chi connectivity index (χ2v) is 7.01. The third kappa shape index (κ3) is 3.36. The number of benzene rings is 2. The molecule has 2 aromatic rings. The van der Waals surface area contributed by atoms with Crippen molar-refractivity contribution >= 4 is 5.97 Å². The summed E-state index contributed by atoms with van der Waals surface area (Å²) in [6.45, 7) is 6.27. The maximum absolute atomic E-state index is 12.2. The number of carbonyl (C=O) groups excluding carboxylic acids is 1. The highest BCUT2D eigenvalue weighted by Gasteiger charge is 2.59. The first-order chi connectivity index (χ1) is 11.9. The smallest absolute Gasteiger partial charge is 0.310 e. The first kappa shape index (κ1) is 17.0. The zero-order chi connectivity index (χ0) is 18.0. The van der Waals surface area contributed by atoms with E-state index in [1.54, 1.807) is 18.2 Å². The zero-order valence-electron chi connectivity index (χ0n) is 14.7. The number of rotatable bonds is 5. The Kier molecular flexibility index (Phi) is 4.50. The van der Waals surface area contributed by atoms with Crippen molar-refractivity contribution in [3.05, 3.63) is 59.7 Å². The van der Waals surface area contributed by atoms with Crippen LogP contribution >= 0.6 is 0 Å². The summed E-state index contributed by atoms with van der Waals surface area (Å²) in [5, 5.41) is 9.52. The average Bonchev–Trinajstić information content (AvgIpc) is 3.11. The summed E-state index contributed by atoms with van der Waals surface area (Å²) in [5.41, 5.74) is 1.03. The summed E-state index contributed by atoms with van der Waals surface area (Å²) in [6.07, 6.45) is 0. The van der Waals surface area contributed by atoms with Gasteiger partial charge in [0.25, 0.3) is 0 Å². The lowest BCUT2D eigenvalue weighted by atomic mass is 10.1. The van der Waals surface area contributed by atoms with Crippen molar-refractivity contribution in [1.82, 2.24) is 0 Å². The van der Waals surface area contributed by atoms with Gasteiger partial charge in [-0.3, -0.25) is 4.79 Å². The Morgan fingerprint density at radius 2 is 1.84 bits per heavy atom. The first-order valence-electron chi connectivity index (χ1n) is 8.36. The van der Waals surface area contributed by atoms with Crippen molar-refractivity contribution in [2.75, 3.05) is 0 Å². The van der Waals surface area contributed by atoms with Crippen LogP contribution in [0.25, 0.3) is 0 Å². The molecule has 1 fully saturated rings. The molecule has 0 amide bonds. The number of hydrogen-bond donors (Lipinski definition) is 0. The second-order valence-electron chi connectivity index (χ2n) is 7.01. The van der Waals surface area contributed by atoms with Crippen LogP contribution in [0.2, 0.25) is 0 Å². The molecular weight excluding hydrogens is 314 g/mol. The molecule has 0 bridgehead atoms. The molecular formula is C21H21NO3. The number of esters is 1. The largest absolute Gasteiger partial charge is 0.461 e. The minimum Gasteiger partial charge on any atom is -0.461 e. The van der Waals surface area contributed by atoms with Crippen molar-refractivity contribution in [3.63, 3.8) is 0 Å². The van der Waals surface area contributed by atoms with Gasteiger partial charge in [-0.2, -0.15) is 5.26 Å². The van der Waals surface area contributed by atoms with Gasteiger partial charge in [0.15, 0.2) is 0 Å². The molecule has 3 rings (SSSR count). The van der Waals surface area contributed by atoms with Crippen LogP contribution in [0.5, 0.6) is 11.5 Å². The number of ether oxygens (including phenoxy) is 2. The van der Waals surface area contributed by atoms with Crippen LogP contribution in [-0.4, -0.2) is 5.97 Å². The van der Waals surface area contributed by atoms with E-state index < -0.39 is 0 Å². The lowest BCUT2D eigenvalue weighted by Crippen LogP contribution is -2.11. The van der Waals surface area contributed by atoms with Gasteiger partial charge in [-0.05, 0) is 29.5 Å². The van der Waals surface area contributed by atoms with Crippen molar-refractivity contribution in [3.8, 4) is 17.6 Å². The topological polar surface area (TPSA) is 59.3 Å². The summed E-state index contributed by atoms with van der Waals surface area (Å²) in [4.78, 5) is 12.2. The molecule has 4 nitrogen and oxygen atoms in total. The van der Waals surface area contributed by atoms with Crippen molar-refractivity contribution in [2.45, 2.75) is 27.4 Å². The van der Waals surface area contributed by atoms with E-state index in [0.29, 0.717) is 28.5 Å². The second kappa shape index (κ2) is 6.60. The van der Waals surface area contributed by atoms with E-state index in [-0.39, 0.29) is 23.9 Å². The molecule has 0 aromatic heterocycles. The van der Waals surface area contributed by atoms with Gasteiger partial charge in [0.05, 0.1) is 5.92 Å². The molecule has 0 N–H and O–H groups in total. The van der Waals surface area contributed by atoms with Gasteiger partial charge in [-0.15, -0.1) is 0 Å². The Bertz CT molecular complexity index is 821. The van der Waals surface area contributed by atoms with E-state index in [1.807, 2.05) is 30.3 Å². The normalized spacial score (nSPS) is 20.4. The maximum Gasteiger partial charge on any atom is 0.310 e. The van der Waals surface area contributed by atoms with Crippen LogP contribution in [0, 0.1) is 28.6 Å². The molecule has 0 saturated heterocycles. The number of para-hydroxylation sites is 1. The van der Waals surface area contributed by atoms with Gasteiger partial charge in [0.2, 0.25) is 0 Å². The molecule has 4 heteroatoms. The van der Waals surface area contributed by atoms with Crippen LogP contribution in [0.1, 0.15) is 31.9 Å². The van der Waals surface area contributed by atoms with E-state index in [9.17, 15) is 10.1 Å². The van der Waals surface area contributed by atoms with Crippen LogP contribution in [-0.2, 0) is 16.1 Å². The van der Waals surface area contributed by atoms with Gasteiger partial charge < -0.3 is 9.47 Å². The number of nitriles is 1. The van der Waals surface area contributed by atoms with E-state index in [2.05, 4.69) is 26.8 Å². The minimum absolute atomic E-state index is 0.00654. The van der Waals surface area contributed by atoms with E-state index in [1.165, 1.54) is 0 Å². The molecule has 128 valence electrons. The Labute approximate surface area is 148 Å². The molecule has 25 heavy (non-hydrogen) atoms. The van der Waals surface area contributed by atoms with Crippen molar-refractivity contribution in [1.29, 1.82) is 5.26 Å². The Hall–Kier alpha value is -2.80. The molecule has 0 radical (unpaired) electrons. The average molecular weight is 335 g/mol. The fourth-order valence-electron chi connectivity index (χ4n) is 3.17. The molecule has 1 saturated carbocycles. The first-order valence-corrected chi connectivity index (χ1v) is 8.36.